The first-order valence-electron chi connectivity index (χ1n) is 10.6. The van der Waals surface area contributed by atoms with Gasteiger partial charge in [0.15, 0.2) is 5.76 Å². The molecule has 0 amide bonds. The number of ketones is 1. The summed E-state index contributed by atoms with van der Waals surface area (Å²) in [6.07, 6.45) is 1.84. The van der Waals surface area contributed by atoms with Gasteiger partial charge in [0.05, 0.1) is 11.1 Å². The van der Waals surface area contributed by atoms with Gasteiger partial charge in [0.2, 0.25) is 5.78 Å². The average Bonchev–Trinajstić information content (AvgIpc) is 3.38. The van der Waals surface area contributed by atoms with Crippen molar-refractivity contribution in [3.63, 3.8) is 0 Å². The molecule has 3 aromatic rings. The summed E-state index contributed by atoms with van der Waals surface area (Å²) in [5.41, 5.74) is 4.74. The van der Waals surface area contributed by atoms with Crippen molar-refractivity contribution in [1.29, 1.82) is 0 Å². The molecule has 158 valence electrons. The van der Waals surface area contributed by atoms with Crippen LogP contribution in [0.5, 0.6) is 11.5 Å². The van der Waals surface area contributed by atoms with Crippen molar-refractivity contribution >= 4 is 23.2 Å². The predicted molar refractivity (Wildman–Crippen MR) is 124 cm³/mol. The molecular formula is C26H25NO3S. The van der Waals surface area contributed by atoms with Crippen molar-refractivity contribution in [3.8, 4) is 11.5 Å². The lowest BCUT2D eigenvalue weighted by molar-refractivity contribution is 0.0881. The maximum Gasteiger partial charge on any atom is 0.232 e. The Kier molecular flexibility index (Phi) is 5.16. The first kappa shape index (κ1) is 20.0. The molecule has 0 fully saturated rings. The van der Waals surface area contributed by atoms with Gasteiger partial charge in [0.1, 0.15) is 18.2 Å². The Morgan fingerprint density at radius 3 is 2.71 bits per heavy atom. The Morgan fingerprint density at radius 2 is 2.00 bits per heavy atom. The molecule has 3 heterocycles. The summed E-state index contributed by atoms with van der Waals surface area (Å²) >= 11 is 1.74. The van der Waals surface area contributed by atoms with Crippen LogP contribution in [0.15, 0.2) is 53.6 Å². The van der Waals surface area contributed by atoms with Gasteiger partial charge in [-0.15, -0.1) is 11.3 Å². The monoisotopic (exact) mass is 431 g/mol. The first-order chi connectivity index (χ1) is 15.0. The number of hydrogen-bond acceptors (Lipinski definition) is 5. The van der Waals surface area contributed by atoms with E-state index >= 15 is 0 Å². The summed E-state index contributed by atoms with van der Waals surface area (Å²) in [6, 6.07) is 14.4. The third-order valence-electron chi connectivity index (χ3n) is 5.85. The van der Waals surface area contributed by atoms with E-state index in [-0.39, 0.29) is 5.78 Å². The van der Waals surface area contributed by atoms with Crippen molar-refractivity contribution in [2.24, 2.45) is 0 Å². The molecule has 5 rings (SSSR count). The number of thiophene rings is 1. The molecule has 4 nitrogen and oxygen atoms in total. The smallest absolute Gasteiger partial charge is 0.232 e. The Bertz CT molecular complexity index is 1160. The third kappa shape index (κ3) is 3.80. The maximum atomic E-state index is 13.2. The Balaban J connectivity index is 1.45. The minimum absolute atomic E-state index is 0.0568. The molecule has 5 heteroatoms. The van der Waals surface area contributed by atoms with Crippen LogP contribution < -0.4 is 9.47 Å². The fourth-order valence-corrected chi connectivity index (χ4v) is 4.87. The average molecular weight is 432 g/mol. The van der Waals surface area contributed by atoms with Crippen molar-refractivity contribution in [2.45, 2.75) is 39.8 Å². The van der Waals surface area contributed by atoms with Crippen molar-refractivity contribution in [1.82, 2.24) is 4.90 Å². The molecule has 0 saturated carbocycles. The lowest BCUT2D eigenvalue weighted by Gasteiger charge is -2.29. The third-order valence-corrected chi connectivity index (χ3v) is 6.71. The molecule has 0 unspecified atom stereocenters. The molecule has 0 spiro atoms. The standard InChI is InChI=1S/C26H25NO3S/c1-16(2)19-8-6-18(7-9-19)12-23-25(28)24-17(3)11-22-21(26(24)30-23)14-27(15-29-22)13-20-5-4-10-31-20/h4-12,16H,13-15H2,1-3H3/b23-12-. The van der Waals surface area contributed by atoms with Crippen LogP contribution in [0.25, 0.3) is 6.08 Å². The SMILES string of the molecule is Cc1cc2c(c3c1C(=O)/C(=C/c1ccc(C(C)C)cc1)O3)CN(Cc1cccs1)CO2. The van der Waals surface area contributed by atoms with E-state index in [1.165, 1.54) is 10.4 Å². The van der Waals surface area contributed by atoms with Gasteiger partial charge in [-0.25, -0.2) is 0 Å². The van der Waals surface area contributed by atoms with Crippen molar-refractivity contribution in [3.05, 3.63) is 86.3 Å². The number of carbonyl (C=O) groups is 1. The summed E-state index contributed by atoms with van der Waals surface area (Å²) in [4.78, 5) is 16.7. The molecule has 0 atom stereocenters. The van der Waals surface area contributed by atoms with Gasteiger partial charge in [-0.3, -0.25) is 9.69 Å². The highest BCUT2D eigenvalue weighted by molar-refractivity contribution is 7.09. The Labute approximate surface area is 186 Å². The van der Waals surface area contributed by atoms with Crippen LogP contribution in [0.3, 0.4) is 0 Å². The minimum atomic E-state index is -0.0568. The molecule has 2 aromatic carbocycles. The van der Waals surface area contributed by atoms with E-state index in [4.69, 9.17) is 9.47 Å². The zero-order valence-corrected chi connectivity index (χ0v) is 18.8. The number of allylic oxidation sites excluding steroid dienone is 1. The second-order valence-electron chi connectivity index (χ2n) is 8.48. The van der Waals surface area contributed by atoms with E-state index in [0.717, 1.165) is 29.0 Å². The van der Waals surface area contributed by atoms with Crippen LogP contribution in [-0.4, -0.2) is 17.4 Å². The molecule has 31 heavy (non-hydrogen) atoms. The highest BCUT2D eigenvalue weighted by Gasteiger charge is 2.35. The molecule has 2 aliphatic rings. The summed E-state index contributed by atoms with van der Waals surface area (Å²) in [6.45, 7) is 8.33. The number of ether oxygens (including phenoxy) is 2. The minimum Gasteiger partial charge on any atom is -0.478 e. The predicted octanol–water partition coefficient (Wildman–Crippen LogP) is 6.15. The molecule has 0 bridgehead atoms. The summed E-state index contributed by atoms with van der Waals surface area (Å²) in [7, 11) is 0. The van der Waals surface area contributed by atoms with Crippen LogP contribution >= 0.6 is 11.3 Å². The van der Waals surface area contributed by atoms with E-state index in [1.807, 2.05) is 31.2 Å². The van der Waals surface area contributed by atoms with Crippen LogP contribution in [0.1, 0.15) is 57.3 Å². The molecular weight excluding hydrogens is 406 g/mol. The van der Waals surface area contributed by atoms with E-state index in [1.54, 1.807) is 11.3 Å². The van der Waals surface area contributed by atoms with E-state index in [0.29, 0.717) is 36.3 Å². The second kappa shape index (κ2) is 7.98. The first-order valence-corrected chi connectivity index (χ1v) is 11.5. The van der Waals surface area contributed by atoms with Crippen LogP contribution in [0.4, 0.5) is 0 Å². The quantitative estimate of drug-likeness (QED) is 0.465. The zero-order valence-electron chi connectivity index (χ0n) is 18.0. The van der Waals surface area contributed by atoms with E-state index < -0.39 is 0 Å². The highest BCUT2D eigenvalue weighted by Crippen LogP contribution is 2.44. The number of carbonyl (C=O) groups excluding carboxylic acids is 1. The molecule has 0 aliphatic carbocycles. The highest BCUT2D eigenvalue weighted by atomic mass is 32.1. The fourth-order valence-electron chi connectivity index (χ4n) is 4.13. The second-order valence-corrected chi connectivity index (χ2v) is 9.51. The number of fused-ring (bicyclic) bond motifs is 3. The molecule has 0 N–H and O–H groups in total. The van der Waals surface area contributed by atoms with Crippen LogP contribution in [-0.2, 0) is 13.1 Å². The fraction of sp³-hybridized carbons (Fsp3) is 0.269. The zero-order chi connectivity index (χ0) is 21.5. The van der Waals surface area contributed by atoms with Crippen molar-refractivity contribution < 1.29 is 14.3 Å². The summed E-state index contributed by atoms with van der Waals surface area (Å²) < 4.78 is 12.2. The lowest BCUT2D eigenvalue weighted by Crippen LogP contribution is -2.31. The van der Waals surface area contributed by atoms with Crippen molar-refractivity contribution in [2.75, 3.05) is 6.73 Å². The number of aryl methyl sites for hydroxylation is 1. The number of hydrogen-bond donors (Lipinski definition) is 0. The maximum absolute atomic E-state index is 13.2. The van der Waals surface area contributed by atoms with Gasteiger partial charge in [-0.1, -0.05) is 44.2 Å². The molecule has 2 aliphatic heterocycles. The van der Waals surface area contributed by atoms with Gasteiger partial charge < -0.3 is 9.47 Å². The molecule has 1 aromatic heterocycles. The lowest BCUT2D eigenvalue weighted by atomic mass is 9.98. The van der Waals surface area contributed by atoms with Gasteiger partial charge in [0.25, 0.3) is 0 Å². The van der Waals surface area contributed by atoms with E-state index in [2.05, 4.69) is 48.4 Å². The number of Topliss-reactive ketones (excluding diaryl/α,β-unsaturated/α-hetero) is 1. The van der Waals surface area contributed by atoms with Gasteiger partial charge in [0, 0.05) is 18.0 Å². The van der Waals surface area contributed by atoms with Crippen LogP contribution in [0, 0.1) is 6.92 Å². The van der Waals surface area contributed by atoms with Gasteiger partial charge >= 0.3 is 0 Å². The van der Waals surface area contributed by atoms with Gasteiger partial charge in [-0.2, -0.15) is 0 Å². The van der Waals surface area contributed by atoms with E-state index in [9.17, 15) is 4.79 Å². The number of nitrogens with zero attached hydrogens (tertiary/aromatic N) is 1. The summed E-state index contributed by atoms with van der Waals surface area (Å²) in [5.74, 6) is 2.26. The normalized spacial score (nSPS) is 16.9. The topological polar surface area (TPSA) is 38.8 Å². The van der Waals surface area contributed by atoms with Gasteiger partial charge in [-0.05, 0) is 53.1 Å². The Morgan fingerprint density at radius 1 is 1.19 bits per heavy atom. The molecule has 0 saturated heterocycles. The largest absolute Gasteiger partial charge is 0.478 e. The summed E-state index contributed by atoms with van der Waals surface area (Å²) in [5, 5.41) is 2.09. The number of benzene rings is 2. The number of rotatable bonds is 4. The van der Waals surface area contributed by atoms with Crippen LogP contribution in [0.2, 0.25) is 0 Å². The Hall–Kier alpha value is -2.89. The molecule has 0 radical (unpaired) electrons.